The third-order valence-corrected chi connectivity index (χ3v) is 4.36. The first kappa shape index (κ1) is 13.4. The van der Waals surface area contributed by atoms with Gasteiger partial charge in [-0.3, -0.25) is 4.90 Å². The number of para-hydroxylation sites is 1. The maximum absolute atomic E-state index is 10.1. The van der Waals surface area contributed by atoms with Gasteiger partial charge in [-0.25, -0.2) is 0 Å². The van der Waals surface area contributed by atoms with Crippen molar-refractivity contribution >= 4 is 0 Å². The number of benzene rings is 1. The van der Waals surface area contributed by atoms with Crippen LogP contribution < -0.4 is 0 Å². The maximum atomic E-state index is 10.1. The molecule has 0 spiro atoms. The van der Waals surface area contributed by atoms with Crippen molar-refractivity contribution in [1.82, 2.24) is 4.90 Å². The highest BCUT2D eigenvalue weighted by molar-refractivity contribution is 5.34. The van der Waals surface area contributed by atoms with Crippen LogP contribution in [0.3, 0.4) is 0 Å². The molecule has 0 aromatic heterocycles. The van der Waals surface area contributed by atoms with Gasteiger partial charge in [-0.15, -0.1) is 0 Å². The van der Waals surface area contributed by atoms with Gasteiger partial charge in [-0.1, -0.05) is 32.0 Å². The molecule has 2 rings (SSSR count). The third kappa shape index (κ3) is 2.39. The molecule has 1 fully saturated rings. The lowest BCUT2D eigenvalue weighted by Crippen LogP contribution is -2.37. The van der Waals surface area contributed by atoms with E-state index in [2.05, 4.69) is 31.7 Å². The molecule has 1 aromatic rings. The zero-order chi connectivity index (χ0) is 13.1. The topological polar surface area (TPSA) is 23.5 Å². The minimum Gasteiger partial charge on any atom is -0.508 e. The summed E-state index contributed by atoms with van der Waals surface area (Å²) in [4.78, 5) is 2.62. The van der Waals surface area contributed by atoms with Gasteiger partial charge in [0.05, 0.1) is 0 Å². The van der Waals surface area contributed by atoms with Gasteiger partial charge in [0, 0.05) is 23.7 Å². The fraction of sp³-hybridized carbons (Fsp3) is 0.625. The second-order valence-electron chi connectivity index (χ2n) is 5.42. The van der Waals surface area contributed by atoms with Crippen molar-refractivity contribution < 1.29 is 5.11 Å². The number of phenols is 1. The summed E-state index contributed by atoms with van der Waals surface area (Å²) in [6, 6.07) is 9.45. The van der Waals surface area contributed by atoms with Crippen molar-refractivity contribution in [2.24, 2.45) is 0 Å². The van der Waals surface area contributed by atoms with E-state index in [4.69, 9.17) is 0 Å². The number of aromatic hydroxyl groups is 1. The lowest BCUT2D eigenvalue weighted by molar-refractivity contribution is 0.127. The SMILES string of the molecule is CCC1CCC(C)N1C(CC)c1ccccc1O. The van der Waals surface area contributed by atoms with Crippen molar-refractivity contribution in [3.63, 3.8) is 0 Å². The van der Waals surface area contributed by atoms with Crippen molar-refractivity contribution in [2.45, 2.75) is 64.6 Å². The summed E-state index contributed by atoms with van der Waals surface area (Å²) in [7, 11) is 0. The van der Waals surface area contributed by atoms with Gasteiger partial charge in [-0.05, 0) is 38.7 Å². The number of likely N-dealkylation sites (tertiary alicyclic amines) is 1. The summed E-state index contributed by atoms with van der Waals surface area (Å²) in [6.07, 6.45) is 4.83. The fourth-order valence-corrected chi connectivity index (χ4v) is 3.43. The molecule has 0 aliphatic carbocycles. The van der Waals surface area contributed by atoms with Crippen LogP contribution in [-0.2, 0) is 0 Å². The predicted octanol–water partition coefficient (Wildman–Crippen LogP) is 4.11. The molecule has 1 N–H and O–H groups in total. The van der Waals surface area contributed by atoms with Crippen LogP contribution in [0.2, 0.25) is 0 Å². The van der Waals surface area contributed by atoms with Crippen molar-refractivity contribution in [1.29, 1.82) is 0 Å². The lowest BCUT2D eigenvalue weighted by atomic mass is 9.99. The summed E-state index contributed by atoms with van der Waals surface area (Å²) >= 11 is 0. The normalized spacial score (nSPS) is 26.4. The Morgan fingerprint density at radius 1 is 1.28 bits per heavy atom. The van der Waals surface area contributed by atoms with E-state index >= 15 is 0 Å². The van der Waals surface area contributed by atoms with Gasteiger partial charge in [0.2, 0.25) is 0 Å². The molecule has 0 amide bonds. The molecule has 1 aromatic carbocycles. The second kappa shape index (κ2) is 5.75. The van der Waals surface area contributed by atoms with Crippen LogP contribution >= 0.6 is 0 Å². The molecule has 0 saturated carbocycles. The molecule has 0 bridgehead atoms. The van der Waals surface area contributed by atoms with Crippen molar-refractivity contribution in [3.05, 3.63) is 29.8 Å². The predicted molar refractivity (Wildman–Crippen MR) is 75.8 cm³/mol. The molecule has 3 unspecified atom stereocenters. The Kier molecular flexibility index (Phi) is 4.28. The van der Waals surface area contributed by atoms with Crippen LogP contribution in [0.15, 0.2) is 24.3 Å². The average Bonchev–Trinajstić information content (AvgIpc) is 2.74. The summed E-state index contributed by atoms with van der Waals surface area (Å²) in [6.45, 7) is 6.81. The van der Waals surface area contributed by atoms with Gasteiger partial charge in [0.25, 0.3) is 0 Å². The van der Waals surface area contributed by atoms with E-state index in [0.29, 0.717) is 23.9 Å². The van der Waals surface area contributed by atoms with Gasteiger partial charge >= 0.3 is 0 Å². The van der Waals surface area contributed by atoms with E-state index in [1.54, 1.807) is 6.07 Å². The molecular formula is C16H25NO. The van der Waals surface area contributed by atoms with Crippen LogP contribution in [0.1, 0.15) is 58.1 Å². The standard InChI is InChI=1S/C16H25NO/c1-4-13-11-10-12(3)17(13)15(5-2)14-8-6-7-9-16(14)18/h6-9,12-13,15,18H,4-5,10-11H2,1-3H3. The largest absolute Gasteiger partial charge is 0.508 e. The van der Waals surface area contributed by atoms with E-state index in [-0.39, 0.29) is 0 Å². The summed E-state index contributed by atoms with van der Waals surface area (Å²) in [5.74, 6) is 0.443. The number of hydrogen-bond donors (Lipinski definition) is 1. The summed E-state index contributed by atoms with van der Waals surface area (Å²) in [5.41, 5.74) is 1.09. The van der Waals surface area contributed by atoms with Crippen LogP contribution in [0, 0.1) is 0 Å². The van der Waals surface area contributed by atoms with Gasteiger partial charge in [-0.2, -0.15) is 0 Å². The molecule has 2 heteroatoms. The first-order valence-corrected chi connectivity index (χ1v) is 7.24. The Morgan fingerprint density at radius 3 is 2.61 bits per heavy atom. The van der Waals surface area contributed by atoms with E-state index in [1.165, 1.54) is 19.3 Å². The minimum absolute atomic E-state index is 0.355. The van der Waals surface area contributed by atoms with E-state index in [0.717, 1.165) is 12.0 Å². The molecule has 100 valence electrons. The van der Waals surface area contributed by atoms with Crippen LogP contribution in [-0.4, -0.2) is 22.1 Å². The molecular weight excluding hydrogens is 222 g/mol. The molecule has 1 aliphatic rings. The first-order chi connectivity index (χ1) is 8.69. The zero-order valence-electron chi connectivity index (χ0n) is 11.8. The molecule has 2 nitrogen and oxygen atoms in total. The number of phenolic OH excluding ortho intramolecular Hbond substituents is 1. The van der Waals surface area contributed by atoms with E-state index in [1.807, 2.05) is 12.1 Å². The van der Waals surface area contributed by atoms with Crippen LogP contribution in [0.4, 0.5) is 0 Å². The molecule has 18 heavy (non-hydrogen) atoms. The summed E-state index contributed by atoms with van der Waals surface area (Å²) < 4.78 is 0. The average molecular weight is 247 g/mol. The first-order valence-electron chi connectivity index (χ1n) is 7.24. The number of rotatable bonds is 4. The van der Waals surface area contributed by atoms with E-state index in [9.17, 15) is 5.11 Å². The Balaban J connectivity index is 2.30. The number of nitrogens with zero attached hydrogens (tertiary/aromatic N) is 1. The van der Waals surface area contributed by atoms with Gasteiger partial charge in [0.15, 0.2) is 0 Å². The highest BCUT2D eigenvalue weighted by Gasteiger charge is 2.35. The molecule has 1 heterocycles. The molecule has 3 atom stereocenters. The Hall–Kier alpha value is -1.02. The Morgan fingerprint density at radius 2 is 2.00 bits per heavy atom. The minimum atomic E-state index is 0.355. The quantitative estimate of drug-likeness (QED) is 0.865. The van der Waals surface area contributed by atoms with Crippen LogP contribution in [0.25, 0.3) is 0 Å². The van der Waals surface area contributed by atoms with Crippen molar-refractivity contribution in [2.75, 3.05) is 0 Å². The van der Waals surface area contributed by atoms with Gasteiger partial charge in [0.1, 0.15) is 5.75 Å². The maximum Gasteiger partial charge on any atom is 0.120 e. The highest BCUT2D eigenvalue weighted by atomic mass is 16.3. The molecule has 0 radical (unpaired) electrons. The second-order valence-corrected chi connectivity index (χ2v) is 5.42. The van der Waals surface area contributed by atoms with E-state index < -0.39 is 0 Å². The van der Waals surface area contributed by atoms with Crippen molar-refractivity contribution in [3.8, 4) is 5.75 Å². The molecule has 1 saturated heterocycles. The summed E-state index contributed by atoms with van der Waals surface area (Å²) in [5, 5.41) is 10.1. The molecule has 1 aliphatic heterocycles. The highest BCUT2D eigenvalue weighted by Crippen LogP contribution is 2.39. The Labute approximate surface area is 111 Å². The fourth-order valence-electron chi connectivity index (χ4n) is 3.43. The smallest absolute Gasteiger partial charge is 0.120 e. The Bertz CT molecular complexity index is 390. The van der Waals surface area contributed by atoms with Gasteiger partial charge < -0.3 is 5.11 Å². The zero-order valence-corrected chi connectivity index (χ0v) is 11.8. The van der Waals surface area contributed by atoms with Crippen LogP contribution in [0.5, 0.6) is 5.75 Å². The monoisotopic (exact) mass is 247 g/mol. The lowest BCUT2D eigenvalue weighted by Gasteiger charge is -2.36. The number of hydrogen-bond acceptors (Lipinski definition) is 2. The third-order valence-electron chi connectivity index (χ3n) is 4.36.